The number of nitro benzene ring substituents is 1. The molecular formula is C13H18Br2N4O6S. The van der Waals surface area contributed by atoms with Crippen molar-refractivity contribution in [3.05, 3.63) is 33.9 Å². The molecule has 0 atom stereocenters. The monoisotopic (exact) mass is 516 g/mol. The number of halogens is 2. The molecule has 0 saturated heterocycles. The molecule has 1 aromatic carbocycles. The van der Waals surface area contributed by atoms with Gasteiger partial charge in [0.1, 0.15) is 0 Å². The second kappa shape index (κ2) is 10.8. The maximum absolute atomic E-state index is 12.5. The van der Waals surface area contributed by atoms with Gasteiger partial charge in [0.25, 0.3) is 11.6 Å². The van der Waals surface area contributed by atoms with Crippen LogP contribution >= 0.6 is 31.9 Å². The van der Waals surface area contributed by atoms with Crippen LogP contribution in [0.2, 0.25) is 0 Å². The maximum Gasteiger partial charge on any atom is 0.333 e. The third-order valence-corrected chi connectivity index (χ3v) is 4.32. The predicted molar refractivity (Wildman–Crippen MR) is 104 cm³/mol. The van der Waals surface area contributed by atoms with Gasteiger partial charge in [-0.15, -0.1) is 0 Å². The summed E-state index contributed by atoms with van der Waals surface area (Å²) in [6.45, 7) is 0.687. The van der Waals surface area contributed by atoms with Crippen molar-refractivity contribution in [3.8, 4) is 0 Å². The lowest BCUT2D eigenvalue weighted by Crippen LogP contribution is -2.33. The highest BCUT2D eigenvalue weighted by molar-refractivity contribution is 9.09. The highest BCUT2D eigenvalue weighted by Gasteiger charge is 2.20. The summed E-state index contributed by atoms with van der Waals surface area (Å²) in [5.74, 6) is -0.587. The van der Waals surface area contributed by atoms with E-state index in [1.165, 1.54) is 18.2 Å². The number of amides is 1. The lowest BCUT2D eigenvalue weighted by molar-refractivity contribution is -0.384. The summed E-state index contributed by atoms with van der Waals surface area (Å²) in [6, 6.07) is 4.02. The molecule has 0 unspecified atom stereocenters. The van der Waals surface area contributed by atoms with Crippen LogP contribution in [0.4, 0.5) is 11.4 Å². The lowest BCUT2D eigenvalue weighted by atomic mass is 10.1. The Morgan fingerprint density at radius 1 is 1.31 bits per heavy atom. The molecule has 146 valence electrons. The Morgan fingerprint density at radius 2 is 1.92 bits per heavy atom. The minimum absolute atomic E-state index is 0.108. The zero-order valence-corrected chi connectivity index (χ0v) is 17.5. The summed E-state index contributed by atoms with van der Waals surface area (Å²) in [5, 5.41) is 19.5. The van der Waals surface area contributed by atoms with E-state index in [2.05, 4.69) is 41.4 Å². The van der Waals surface area contributed by atoms with E-state index in [9.17, 15) is 23.3 Å². The number of hydrogen-bond acceptors (Lipinski definition) is 7. The van der Waals surface area contributed by atoms with Gasteiger partial charge in [0.15, 0.2) is 0 Å². The number of rotatable bonds is 11. The van der Waals surface area contributed by atoms with Gasteiger partial charge in [0.05, 0.1) is 22.8 Å². The summed E-state index contributed by atoms with van der Waals surface area (Å²) < 4.78 is 25.7. The average molecular weight is 518 g/mol. The number of non-ortho nitro benzene ring substituents is 1. The number of benzene rings is 1. The minimum atomic E-state index is -4.10. The average Bonchev–Trinajstić information content (AvgIpc) is 2.57. The third-order valence-electron chi connectivity index (χ3n) is 3.12. The van der Waals surface area contributed by atoms with Crippen LogP contribution in [-0.4, -0.2) is 56.1 Å². The summed E-state index contributed by atoms with van der Waals surface area (Å²) in [4.78, 5) is 24.8. The number of nitro groups is 1. The molecule has 0 aliphatic rings. The van der Waals surface area contributed by atoms with E-state index < -0.39 is 21.1 Å². The van der Waals surface area contributed by atoms with E-state index in [-0.39, 0.29) is 24.4 Å². The first-order valence-corrected chi connectivity index (χ1v) is 11.0. The molecule has 13 heteroatoms. The van der Waals surface area contributed by atoms with E-state index in [4.69, 9.17) is 5.14 Å². The fraction of sp³-hybridized carbons (Fsp3) is 0.462. The van der Waals surface area contributed by atoms with Crippen LogP contribution in [0.5, 0.6) is 0 Å². The summed E-state index contributed by atoms with van der Waals surface area (Å²) in [7, 11) is -4.10. The van der Waals surface area contributed by atoms with Crippen molar-refractivity contribution < 1.29 is 22.3 Å². The van der Waals surface area contributed by atoms with E-state index in [1.54, 1.807) is 0 Å². The smallest absolute Gasteiger partial charge is 0.333 e. The Labute approximate surface area is 167 Å². The molecule has 0 radical (unpaired) electrons. The molecule has 26 heavy (non-hydrogen) atoms. The van der Waals surface area contributed by atoms with Crippen molar-refractivity contribution in [2.45, 2.75) is 0 Å². The van der Waals surface area contributed by atoms with Crippen molar-refractivity contribution in [1.29, 1.82) is 0 Å². The predicted octanol–water partition coefficient (Wildman–Crippen LogP) is 1.14. The molecule has 3 N–H and O–H groups in total. The molecule has 1 aromatic rings. The number of carbonyl (C=O) groups is 1. The van der Waals surface area contributed by atoms with Crippen LogP contribution < -0.4 is 15.4 Å². The largest absolute Gasteiger partial charge is 0.369 e. The van der Waals surface area contributed by atoms with E-state index in [0.29, 0.717) is 29.4 Å². The molecule has 0 aliphatic heterocycles. The van der Waals surface area contributed by atoms with Gasteiger partial charge in [-0.25, -0.2) is 5.14 Å². The van der Waals surface area contributed by atoms with E-state index >= 15 is 0 Å². The standard InChI is InChI=1S/C13H18Br2N4O6S/c14-3-6-18(7-4-15)12-2-1-10(19(21)22)9-11(12)13(20)17-5-8-25-26(16,23)24/h1-2,9H,3-8H2,(H,17,20)(H2,16,23,24). The molecular weight excluding hydrogens is 500 g/mol. The van der Waals surface area contributed by atoms with Gasteiger partial charge < -0.3 is 10.2 Å². The number of alkyl halides is 2. The zero-order valence-electron chi connectivity index (χ0n) is 13.6. The van der Waals surface area contributed by atoms with Crippen molar-refractivity contribution >= 4 is 59.4 Å². The van der Waals surface area contributed by atoms with Gasteiger partial charge in [0, 0.05) is 42.4 Å². The highest BCUT2D eigenvalue weighted by Crippen LogP contribution is 2.26. The fourth-order valence-electron chi connectivity index (χ4n) is 2.07. The number of nitrogens with one attached hydrogen (secondary N) is 1. The second-order valence-corrected chi connectivity index (χ2v) is 7.70. The van der Waals surface area contributed by atoms with Crippen LogP contribution in [0.25, 0.3) is 0 Å². The number of nitrogens with zero attached hydrogens (tertiary/aromatic N) is 2. The van der Waals surface area contributed by atoms with E-state index in [0.717, 1.165) is 0 Å². The third kappa shape index (κ3) is 7.53. The quantitative estimate of drug-likeness (QED) is 0.194. The first-order chi connectivity index (χ1) is 12.2. The number of anilines is 1. The molecule has 0 bridgehead atoms. The molecule has 0 fully saturated rings. The van der Waals surface area contributed by atoms with Crippen molar-refractivity contribution in [2.75, 3.05) is 41.8 Å². The Balaban J connectivity index is 3.04. The van der Waals surface area contributed by atoms with Gasteiger partial charge in [0.2, 0.25) is 0 Å². The van der Waals surface area contributed by atoms with Crippen LogP contribution in [-0.2, 0) is 14.5 Å². The Bertz CT molecular complexity index is 740. The number of hydrogen-bond donors (Lipinski definition) is 2. The first kappa shape index (κ1) is 22.8. The number of carbonyl (C=O) groups excluding carboxylic acids is 1. The SMILES string of the molecule is NS(=O)(=O)OCCNC(=O)c1cc([N+](=O)[O-])ccc1N(CCBr)CCBr. The number of nitrogens with two attached hydrogens (primary N) is 1. The molecule has 0 heterocycles. The zero-order chi connectivity index (χ0) is 19.7. The van der Waals surface area contributed by atoms with Gasteiger partial charge in [-0.1, -0.05) is 31.9 Å². The second-order valence-electron chi connectivity index (χ2n) is 4.89. The van der Waals surface area contributed by atoms with Crippen LogP contribution in [0.3, 0.4) is 0 Å². The molecule has 0 spiro atoms. The molecule has 1 amide bonds. The summed E-state index contributed by atoms with van der Waals surface area (Å²) >= 11 is 6.67. The topological polar surface area (TPSA) is 145 Å². The molecule has 0 aromatic heterocycles. The van der Waals surface area contributed by atoms with Crippen molar-refractivity contribution in [2.24, 2.45) is 5.14 Å². The normalized spacial score (nSPS) is 11.2. The lowest BCUT2D eigenvalue weighted by Gasteiger charge is -2.25. The van der Waals surface area contributed by atoms with Crippen LogP contribution in [0.1, 0.15) is 10.4 Å². The fourth-order valence-corrected chi connectivity index (χ4v) is 3.24. The molecule has 0 saturated carbocycles. The summed E-state index contributed by atoms with van der Waals surface area (Å²) in [6.07, 6.45) is 0. The molecule has 10 nitrogen and oxygen atoms in total. The Morgan fingerprint density at radius 3 is 2.42 bits per heavy atom. The Kier molecular flexibility index (Phi) is 9.43. The van der Waals surface area contributed by atoms with Gasteiger partial charge >= 0.3 is 10.3 Å². The van der Waals surface area contributed by atoms with Gasteiger partial charge in [-0.2, -0.15) is 8.42 Å². The Hall–Kier alpha value is -1.28. The van der Waals surface area contributed by atoms with Crippen LogP contribution in [0.15, 0.2) is 18.2 Å². The molecule has 1 rings (SSSR count). The van der Waals surface area contributed by atoms with Gasteiger partial charge in [-0.3, -0.25) is 19.1 Å². The van der Waals surface area contributed by atoms with Crippen LogP contribution in [0, 0.1) is 10.1 Å². The van der Waals surface area contributed by atoms with E-state index in [1.807, 2.05) is 4.90 Å². The minimum Gasteiger partial charge on any atom is -0.369 e. The van der Waals surface area contributed by atoms with Crippen molar-refractivity contribution in [3.63, 3.8) is 0 Å². The maximum atomic E-state index is 12.5. The molecule has 0 aliphatic carbocycles. The summed E-state index contributed by atoms with van der Waals surface area (Å²) in [5.41, 5.74) is 0.411. The van der Waals surface area contributed by atoms with Crippen molar-refractivity contribution in [1.82, 2.24) is 5.32 Å². The highest BCUT2D eigenvalue weighted by atomic mass is 79.9. The van der Waals surface area contributed by atoms with Gasteiger partial charge in [-0.05, 0) is 6.07 Å². The first-order valence-electron chi connectivity index (χ1n) is 7.30.